The van der Waals surface area contributed by atoms with Crippen LogP contribution in [0.2, 0.25) is 0 Å². The lowest BCUT2D eigenvalue weighted by molar-refractivity contribution is 0.277. The van der Waals surface area contributed by atoms with Crippen LogP contribution in [0.3, 0.4) is 0 Å². The van der Waals surface area contributed by atoms with Crippen molar-refractivity contribution in [3.63, 3.8) is 0 Å². The van der Waals surface area contributed by atoms with Crippen LogP contribution in [0.25, 0.3) is 0 Å². The molecule has 0 spiro atoms. The Morgan fingerprint density at radius 1 is 1.40 bits per heavy atom. The fourth-order valence-corrected chi connectivity index (χ4v) is 0. The van der Waals surface area contributed by atoms with Gasteiger partial charge in [-0.05, 0) is 0 Å². The third kappa shape index (κ3) is 216. The highest BCUT2D eigenvalue weighted by Gasteiger charge is 1.65. The monoisotopic (exact) mass is 111 g/mol. The van der Waals surface area contributed by atoms with Crippen LogP contribution in [0, 0.1) is 0 Å². The van der Waals surface area contributed by atoms with Crippen LogP contribution in [-0.4, -0.2) is 4.45 Å². The largest absolute Gasteiger partial charge is 0.344 e. The van der Waals surface area contributed by atoms with E-state index in [-0.39, 0.29) is 6.15 Å². The van der Waals surface area contributed by atoms with Crippen molar-refractivity contribution in [1.82, 2.24) is 6.15 Å². The Bertz CT molecular complexity index is 32.6. The van der Waals surface area contributed by atoms with E-state index in [4.69, 9.17) is 0 Å². The normalized spacial score (nSPS) is 5.20. The van der Waals surface area contributed by atoms with Crippen molar-refractivity contribution in [1.29, 1.82) is 0 Å². The van der Waals surface area contributed by atoms with E-state index >= 15 is 0 Å². The summed E-state index contributed by atoms with van der Waals surface area (Å²) in [7, 11) is 0. The van der Waals surface area contributed by atoms with Gasteiger partial charge < -0.3 is 6.15 Å². The molecule has 0 aliphatic heterocycles. The summed E-state index contributed by atoms with van der Waals surface area (Å²) >= 11 is 6.38. The van der Waals surface area contributed by atoms with Crippen molar-refractivity contribution in [2.45, 2.75) is 0 Å². The predicted octanol–water partition coefficient (Wildman–Crippen LogP) is 1.13. The summed E-state index contributed by atoms with van der Waals surface area (Å²) in [6, 6.07) is 0. The van der Waals surface area contributed by atoms with E-state index in [1.54, 1.807) is 0 Å². The van der Waals surface area contributed by atoms with Gasteiger partial charge in [-0.25, -0.2) is 0 Å². The van der Waals surface area contributed by atoms with Crippen molar-refractivity contribution in [3.05, 3.63) is 0 Å². The fraction of sp³-hybridized carbons (Fsp3) is 0. The second-order valence-corrected chi connectivity index (χ2v) is 1.45. The highest BCUT2D eigenvalue weighted by molar-refractivity contribution is 8.23. The van der Waals surface area contributed by atoms with E-state index in [0.717, 1.165) is 0 Å². The van der Waals surface area contributed by atoms with Gasteiger partial charge in [0.25, 0.3) is 0 Å². The van der Waals surface area contributed by atoms with E-state index in [1.807, 2.05) is 0 Å². The van der Waals surface area contributed by atoms with E-state index in [0.29, 0.717) is 0 Å². The molecule has 0 fully saturated rings. The number of hydrogen-bond acceptors (Lipinski definition) is 2. The van der Waals surface area contributed by atoms with Crippen molar-refractivity contribution in [2.75, 3.05) is 0 Å². The summed E-state index contributed by atoms with van der Waals surface area (Å²) in [6.07, 6.45) is 0. The second kappa shape index (κ2) is 4.33. The lowest BCUT2D eigenvalue weighted by atomic mass is 11.8. The molecule has 0 aliphatic carbocycles. The number of hydrogen-bond donors (Lipinski definition) is 3. The second-order valence-electron chi connectivity index (χ2n) is 0.283. The number of rotatable bonds is 0. The maximum Gasteiger partial charge on any atom is 0.239 e. The van der Waals surface area contributed by atoms with Crippen LogP contribution >= 0.6 is 25.3 Å². The molecular weight excluding hydrogens is 106 g/mol. The SMILES string of the molecule is N.O=C(S)S. The van der Waals surface area contributed by atoms with Gasteiger partial charge in [0.2, 0.25) is 4.45 Å². The summed E-state index contributed by atoms with van der Waals surface area (Å²) in [5, 5.41) is 0. The molecule has 0 aromatic carbocycles. The first kappa shape index (κ1) is 9.01. The lowest BCUT2D eigenvalue weighted by Crippen LogP contribution is -1.47. The summed E-state index contributed by atoms with van der Waals surface area (Å²) < 4.78 is -0.444. The first-order valence-corrected chi connectivity index (χ1v) is 1.55. The van der Waals surface area contributed by atoms with E-state index in [1.165, 1.54) is 0 Å². The smallest absolute Gasteiger partial charge is 0.239 e. The highest BCUT2D eigenvalue weighted by Crippen LogP contribution is 1.81. The predicted molar refractivity (Wildman–Crippen MR) is 28.4 cm³/mol. The summed E-state index contributed by atoms with van der Waals surface area (Å²) in [6.45, 7) is 0. The minimum Gasteiger partial charge on any atom is -0.344 e. The average molecular weight is 111 g/mol. The van der Waals surface area contributed by atoms with Crippen molar-refractivity contribution in [2.24, 2.45) is 0 Å². The van der Waals surface area contributed by atoms with Gasteiger partial charge in [-0.1, -0.05) is 25.3 Å². The lowest BCUT2D eigenvalue weighted by Gasteiger charge is -1.54. The Kier molecular flexibility index (Phi) is 7.80. The molecule has 0 atom stereocenters. The minimum absolute atomic E-state index is 0. The first-order chi connectivity index (χ1) is 1.73. The van der Waals surface area contributed by atoms with E-state index in [9.17, 15) is 4.79 Å². The molecule has 0 aromatic rings. The van der Waals surface area contributed by atoms with Crippen LogP contribution < -0.4 is 6.15 Å². The van der Waals surface area contributed by atoms with Crippen molar-refractivity contribution < 1.29 is 4.79 Å². The standard InChI is InChI=1S/CH2OS2.H3N/c2-1(3)4;/h(H2,2,3,4);1H3. The van der Waals surface area contributed by atoms with E-state index < -0.39 is 4.45 Å². The summed E-state index contributed by atoms with van der Waals surface area (Å²) in [4.78, 5) is 9.17. The minimum atomic E-state index is -0.444. The maximum atomic E-state index is 9.17. The van der Waals surface area contributed by atoms with Crippen molar-refractivity contribution >= 4 is 29.7 Å². The van der Waals surface area contributed by atoms with Crippen LogP contribution in [0.1, 0.15) is 0 Å². The zero-order valence-corrected chi connectivity index (χ0v) is 4.30. The molecule has 5 heavy (non-hydrogen) atoms. The number of carbonyl (C=O) groups excluding carboxylic acids is 1. The van der Waals surface area contributed by atoms with Gasteiger partial charge in [0.15, 0.2) is 0 Å². The molecule has 32 valence electrons. The molecular formula is CH5NOS2. The van der Waals surface area contributed by atoms with Gasteiger partial charge in [0.1, 0.15) is 0 Å². The molecule has 0 aliphatic rings. The highest BCUT2D eigenvalue weighted by atomic mass is 32.2. The van der Waals surface area contributed by atoms with Crippen LogP contribution in [-0.2, 0) is 0 Å². The Hall–Kier alpha value is 0.330. The number of carbonyl (C=O) groups is 1. The van der Waals surface area contributed by atoms with Crippen LogP contribution in [0.4, 0.5) is 4.79 Å². The molecule has 0 saturated heterocycles. The number of thiol groups is 2. The molecule has 2 nitrogen and oxygen atoms in total. The third-order valence-corrected chi connectivity index (χ3v) is 0. The maximum absolute atomic E-state index is 9.17. The van der Waals surface area contributed by atoms with Crippen molar-refractivity contribution in [3.8, 4) is 0 Å². The molecule has 0 aromatic heterocycles. The van der Waals surface area contributed by atoms with Gasteiger partial charge in [0.05, 0.1) is 0 Å². The average Bonchev–Trinajstić information content (AvgIpc) is 0.811. The molecule has 0 heterocycles. The first-order valence-electron chi connectivity index (χ1n) is 0.651. The molecule has 0 radical (unpaired) electrons. The topological polar surface area (TPSA) is 52.1 Å². The Balaban J connectivity index is 0. The van der Waals surface area contributed by atoms with Crippen LogP contribution in [0.15, 0.2) is 0 Å². The zero-order valence-electron chi connectivity index (χ0n) is 2.51. The van der Waals surface area contributed by atoms with Crippen LogP contribution in [0.5, 0.6) is 0 Å². The Morgan fingerprint density at radius 3 is 1.40 bits per heavy atom. The summed E-state index contributed by atoms with van der Waals surface area (Å²) in [5.74, 6) is 0. The van der Waals surface area contributed by atoms with Gasteiger partial charge in [-0.3, -0.25) is 4.79 Å². The van der Waals surface area contributed by atoms with Gasteiger partial charge in [-0.15, -0.1) is 0 Å². The molecule has 0 amide bonds. The molecule has 0 bridgehead atoms. The Morgan fingerprint density at radius 2 is 1.40 bits per heavy atom. The van der Waals surface area contributed by atoms with Gasteiger partial charge in [0, 0.05) is 0 Å². The zero-order chi connectivity index (χ0) is 3.58. The molecule has 4 heteroatoms. The Labute approximate surface area is 41.3 Å². The molecule has 3 N–H and O–H groups in total. The third-order valence-electron chi connectivity index (χ3n) is 0. The fourth-order valence-electron chi connectivity index (χ4n) is 0. The summed E-state index contributed by atoms with van der Waals surface area (Å²) in [5.41, 5.74) is 0. The van der Waals surface area contributed by atoms with Gasteiger partial charge >= 0.3 is 0 Å². The van der Waals surface area contributed by atoms with Gasteiger partial charge in [-0.2, -0.15) is 0 Å². The molecule has 0 unspecified atom stereocenters. The van der Waals surface area contributed by atoms with E-state index in [2.05, 4.69) is 25.3 Å². The molecule has 0 rings (SSSR count). The quantitative estimate of drug-likeness (QED) is 0.410. The molecule has 0 saturated carbocycles.